The molecule has 0 spiro atoms. The van der Waals surface area contributed by atoms with Gasteiger partial charge in [-0.1, -0.05) is 6.92 Å². The summed E-state index contributed by atoms with van der Waals surface area (Å²) in [6.07, 6.45) is -1.90. The molecule has 0 aromatic carbocycles. The minimum atomic E-state index is -4.47. The van der Waals surface area contributed by atoms with Crippen LogP contribution < -0.4 is 4.90 Å². The second kappa shape index (κ2) is 5.37. The minimum absolute atomic E-state index is 0.101. The van der Waals surface area contributed by atoms with Crippen molar-refractivity contribution in [1.29, 1.82) is 5.41 Å². The highest BCUT2D eigenvalue weighted by molar-refractivity contribution is 5.79. The molecule has 0 aliphatic rings. The Kier molecular flexibility index (Phi) is 4.32. The number of alkyl halides is 3. The topological polar surface area (TPSA) is 40.0 Å². The summed E-state index contributed by atoms with van der Waals surface area (Å²) in [4.78, 5) is 5.66. The summed E-state index contributed by atoms with van der Waals surface area (Å²) in [7, 11) is 1.71. The molecule has 0 saturated carbocycles. The predicted molar refractivity (Wildman–Crippen MR) is 65.3 cm³/mol. The number of rotatable bonds is 4. The molecule has 1 N–H and O–H groups in total. The van der Waals surface area contributed by atoms with Crippen LogP contribution in [0.3, 0.4) is 0 Å². The van der Waals surface area contributed by atoms with Crippen molar-refractivity contribution in [3.05, 3.63) is 23.4 Å². The van der Waals surface area contributed by atoms with Crippen LogP contribution in [0, 0.1) is 5.41 Å². The fourth-order valence-corrected chi connectivity index (χ4v) is 1.51. The number of anilines is 1. The van der Waals surface area contributed by atoms with Crippen LogP contribution in [0.4, 0.5) is 19.0 Å². The number of nitrogens with zero attached hydrogens (tertiary/aromatic N) is 2. The molecule has 0 aliphatic heterocycles. The lowest BCUT2D eigenvalue weighted by molar-refractivity contribution is -0.137. The highest BCUT2D eigenvalue weighted by Gasteiger charge is 2.34. The maximum atomic E-state index is 12.8. The van der Waals surface area contributed by atoms with E-state index >= 15 is 0 Å². The van der Waals surface area contributed by atoms with E-state index in [-0.39, 0.29) is 17.4 Å². The molecule has 0 fully saturated rings. The largest absolute Gasteiger partial charge is 0.417 e. The molecule has 0 aliphatic carbocycles. The smallest absolute Gasteiger partial charge is 0.357 e. The Morgan fingerprint density at radius 2 is 2.11 bits per heavy atom. The van der Waals surface area contributed by atoms with Crippen LogP contribution in [0.2, 0.25) is 0 Å². The van der Waals surface area contributed by atoms with E-state index in [1.807, 2.05) is 13.8 Å². The van der Waals surface area contributed by atoms with Gasteiger partial charge in [-0.05, 0) is 19.4 Å². The lowest BCUT2D eigenvalue weighted by atomic mass is 10.1. The summed E-state index contributed by atoms with van der Waals surface area (Å²) in [6.45, 7) is 3.87. The van der Waals surface area contributed by atoms with Gasteiger partial charge in [0.2, 0.25) is 0 Å². The Labute approximate surface area is 104 Å². The third-order valence-electron chi connectivity index (χ3n) is 2.99. The van der Waals surface area contributed by atoms with E-state index in [0.717, 1.165) is 18.7 Å². The quantitative estimate of drug-likeness (QED) is 0.842. The number of halogens is 3. The van der Waals surface area contributed by atoms with Gasteiger partial charge in [0.1, 0.15) is 5.82 Å². The Bertz CT molecular complexity index is 429. The second-order valence-electron chi connectivity index (χ2n) is 4.14. The molecule has 1 aromatic heterocycles. The van der Waals surface area contributed by atoms with Crippen LogP contribution in [0.15, 0.2) is 12.3 Å². The summed E-state index contributed by atoms with van der Waals surface area (Å²) in [5.41, 5.74) is -1.04. The number of hydrogen-bond donors (Lipinski definition) is 1. The molecule has 18 heavy (non-hydrogen) atoms. The first-order chi connectivity index (χ1) is 8.31. The van der Waals surface area contributed by atoms with Gasteiger partial charge >= 0.3 is 6.18 Å². The molecule has 1 rings (SSSR count). The van der Waals surface area contributed by atoms with Gasteiger partial charge < -0.3 is 10.3 Å². The van der Waals surface area contributed by atoms with Crippen LogP contribution >= 0.6 is 0 Å². The molecule has 1 aromatic rings. The van der Waals surface area contributed by atoms with Gasteiger partial charge in [-0.25, -0.2) is 4.98 Å². The van der Waals surface area contributed by atoms with Crippen molar-refractivity contribution in [2.24, 2.45) is 0 Å². The maximum absolute atomic E-state index is 12.8. The zero-order valence-electron chi connectivity index (χ0n) is 10.5. The van der Waals surface area contributed by atoms with Gasteiger partial charge in [-0.3, -0.25) is 0 Å². The van der Waals surface area contributed by atoms with Crippen LogP contribution in [-0.2, 0) is 6.18 Å². The molecule has 100 valence electrons. The Balaban J connectivity index is 3.23. The molecule has 1 unspecified atom stereocenters. The van der Waals surface area contributed by atoms with Gasteiger partial charge in [0.25, 0.3) is 0 Å². The summed E-state index contributed by atoms with van der Waals surface area (Å²) < 4.78 is 38.4. The van der Waals surface area contributed by atoms with Gasteiger partial charge in [0, 0.05) is 31.1 Å². The van der Waals surface area contributed by atoms with Crippen molar-refractivity contribution < 1.29 is 13.2 Å². The lowest BCUT2D eigenvalue weighted by Gasteiger charge is -2.25. The lowest BCUT2D eigenvalue weighted by Crippen LogP contribution is -2.29. The van der Waals surface area contributed by atoms with Crippen molar-refractivity contribution in [3.63, 3.8) is 0 Å². The zero-order valence-corrected chi connectivity index (χ0v) is 10.5. The molecule has 0 bridgehead atoms. The van der Waals surface area contributed by atoms with Crippen molar-refractivity contribution in [1.82, 2.24) is 4.98 Å². The predicted octanol–water partition coefficient (Wildman–Crippen LogP) is 3.33. The number of pyridine rings is 1. The van der Waals surface area contributed by atoms with Gasteiger partial charge in [-0.2, -0.15) is 13.2 Å². The molecule has 3 nitrogen and oxygen atoms in total. The number of nitrogens with one attached hydrogen (secondary N) is 1. The fourth-order valence-electron chi connectivity index (χ4n) is 1.51. The number of hydrogen-bond acceptors (Lipinski definition) is 3. The summed E-state index contributed by atoms with van der Waals surface area (Å²) in [5, 5.41) is 6.98. The second-order valence-corrected chi connectivity index (χ2v) is 4.14. The first-order valence-corrected chi connectivity index (χ1v) is 5.61. The molecule has 1 atom stereocenters. The number of aromatic nitrogens is 1. The monoisotopic (exact) mass is 259 g/mol. The molecule has 6 heteroatoms. The van der Waals surface area contributed by atoms with E-state index in [1.165, 1.54) is 0 Å². The van der Waals surface area contributed by atoms with Gasteiger partial charge in [0.15, 0.2) is 0 Å². The highest BCUT2D eigenvalue weighted by atomic mass is 19.4. The maximum Gasteiger partial charge on any atom is 0.417 e. The van der Waals surface area contributed by atoms with Crippen molar-refractivity contribution in [3.8, 4) is 0 Å². The van der Waals surface area contributed by atoms with E-state index in [0.29, 0.717) is 6.21 Å². The van der Waals surface area contributed by atoms with Crippen molar-refractivity contribution in [2.75, 3.05) is 11.9 Å². The van der Waals surface area contributed by atoms with Gasteiger partial charge in [-0.15, -0.1) is 0 Å². The highest BCUT2D eigenvalue weighted by Crippen LogP contribution is 2.33. The molecule has 0 amide bonds. The average Bonchev–Trinajstić information content (AvgIpc) is 2.35. The van der Waals surface area contributed by atoms with Crippen LogP contribution in [0.25, 0.3) is 0 Å². The molecule has 1 heterocycles. The van der Waals surface area contributed by atoms with E-state index in [1.54, 1.807) is 11.9 Å². The molecule has 0 radical (unpaired) electrons. The Hall–Kier alpha value is -1.59. The normalized spacial score (nSPS) is 13.2. The van der Waals surface area contributed by atoms with Gasteiger partial charge in [0.05, 0.1) is 5.56 Å². The van der Waals surface area contributed by atoms with Crippen LogP contribution in [-0.4, -0.2) is 24.3 Å². The van der Waals surface area contributed by atoms with E-state index in [9.17, 15) is 13.2 Å². The van der Waals surface area contributed by atoms with E-state index < -0.39 is 11.7 Å². The molecule has 0 saturated heterocycles. The van der Waals surface area contributed by atoms with E-state index in [2.05, 4.69) is 4.98 Å². The van der Waals surface area contributed by atoms with Crippen LogP contribution in [0.1, 0.15) is 31.4 Å². The SMILES string of the molecule is CCC(C)N(C)c1cc(C(F)(F)F)c(C=N)cn1. The fraction of sp³-hybridized carbons (Fsp3) is 0.500. The first kappa shape index (κ1) is 14.5. The van der Waals surface area contributed by atoms with Crippen molar-refractivity contribution in [2.45, 2.75) is 32.5 Å². The Morgan fingerprint density at radius 1 is 1.50 bits per heavy atom. The molecular weight excluding hydrogens is 243 g/mol. The summed E-state index contributed by atoms with van der Waals surface area (Å²) in [6, 6.07) is 1.09. The summed E-state index contributed by atoms with van der Waals surface area (Å²) >= 11 is 0. The summed E-state index contributed by atoms with van der Waals surface area (Å²) in [5.74, 6) is 0.266. The third kappa shape index (κ3) is 3.00. The van der Waals surface area contributed by atoms with Crippen molar-refractivity contribution >= 4 is 12.0 Å². The average molecular weight is 259 g/mol. The molecular formula is C12H16F3N3. The Morgan fingerprint density at radius 3 is 2.56 bits per heavy atom. The first-order valence-electron chi connectivity index (χ1n) is 5.61. The minimum Gasteiger partial charge on any atom is -0.357 e. The standard InChI is InChI=1S/C12H16F3N3/c1-4-8(2)18(3)11-5-10(12(13,14)15)9(6-16)7-17-11/h5-8,16H,4H2,1-3H3. The third-order valence-corrected chi connectivity index (χ3v) is 2.99. The zero-order chi connectivity index (χ0) is 13.9. The van der Waals surface area contributed by atoms with Crippen LogP contribution in [0.5, 0.6) is 0 Å². The van der Waals surface area contributed by atoms with E-state index in [4.69, 9.17) is 5.41 Å².